The zero-order valence-corrected chi connectivity index (χ0v) is 17.7. The molecule has 0 atom stereocenters. The third-order valence-electron chi connectivity index (χ3n) is 4.83. The molecule has 1 aliphatic rings. The van der Waals surface area contributed by atoms with Crippen LogP contribution < -0.4 is 0 Å². The van der Waals surface area contributed by atoms with E-state index in [2.05, 4.69) is 10.1 Å². The van der Waals surface area contributed by atoms with Gasteiger partial charge in [0.05, 0.1) is 11.1 Å². The maximum absolute atomic E-state index is 9.12. The molecule has 0 saturated heterocycles. The van der Waals surface area contributed by atoms with Crippen molar-refractivity contribution in [2.75, 3.05) is 0 Å². The lowest BCUT2D eigenvalue weighted by Crippen LogP contribution is -2.06. The SMILES string of the molecule is N#Cc1ncn(-c2nc(CSc3ccc(Cl)cc3)nc3sc4c(c23)CCCC4)n1. The number of aryl methyl sites for hydroxylation is 2. The Kier molecular flexibility index (Phi) is 4.96. The van der Waals surface area contributed by atoms with Crippen LogP contribution in [0.1, 0.15) is 34.9 Å². The van der Waals surface area contributed by atoms with Crippen molar-refractivity contribution >= 4 is 44.9 Å². The molecule has 3 heterocycles. The molecule has 5 rings (SSSR count). The minimum atomic E-state index is 0.137. The minimum absolute atomic E-state index is 0.137. The summed E-state index contributed by atoms with van der Waals surface area (Å²) in [5, 5.41) is 15.2. The van der Waals surface area contributed by atoms with E-state index in [0.29, 0.717) is 5.75 Å². The zero-order chi connectivity index (χ0) is 19.8. The third-order valence-corrected chi connectivity index (χ3v) is 7.28. The minimum Gasteiger partial charge on any atom is -0.221 e. The van der Waals surface area contributed by atoms with Gasteiger partial charge in [-0.1, -0.05) is 11.6 Å². The molecule has 1 aromatic carbocycles. The fraction of sp³-hybridized carbons (Fsp3) is 0.250. The van der Waals surface area contributed by atoms with Crippen LogP contribution in [0, 0.1) is 11.3 Å². The lowest BCUT2D eigenvalue weighted by atomic mass is 9.97. The van der Waals surface area contributed by atoms with E-state index in [1.807, 2.05) is 30.3 Å². The van der Waals surface area contributed by atoms with Gasteiger partial charge >= 0.3 is 0 Å². The fourth-order valence-corrected chi connectivity index (χ4v) is 5.66. The first-order valence-electron chi connectivity index (χ1n) is 9.23. The number of rotatable bonds is 4. The molecule has 0 amide bonds. The summed E-state index contributed by atoms with van der Waals surface area (Å²) >= 11 is 9.39. The van der Waals surface area contributed by atoms with E-state index in [9.17, 15) is 0 Å². The molecular formula is C20H15ClN6S2. The highest BCUT2D eigenvalue weighted by atomic mass is 35.5. The van der Waals surface area contributed by atoms with Crippen LogP contribution in [0.2, 0.25) is 5.02 Å². The van der Waals surface area contributed by atoms with Gasteiger partial charge in [0.1, 0.15) is 23.1 Å². The van der Waals surface area contributed by atoms with Crippen LogP contribution in [0.25, 0.3) is 16.0 Å². The second-order valence-electron chi connectivity index (χ2n) is 6.72. The summed E-state index contributed by atoms with van der Waals surface area (Å²) in [6, 6.07) is 9.74. The number of aromatic nitrogens is 5. The second-order valence-corrected chi connectivity index (χ2v) is 9.29. The van der Waals surface area contributed by atoms with Gasteiger partial charge in [-0.15, -0.1) is 28.2 Å². The van der Waals surface area contributed by atoms with E-state index in [4.69, 9.17) is 26.8 Å². The van der Waals surface area contributed by atoms with Gasteiger partial charge in [-0.3, -0.25) is 0 Å². The number of fused-ring (bicyclic) bond motifs is 3. The molecule has 0 aliphatic heterocycles. The van der Waals surface area contributed by atoms with Crippen LogP contribution in [0.5, 0.6) is 0 Å². The Labute approximate surface area is 180 Å². The first-order valence-corrected chi connectivity index (χ1v) is 11.4. The molecule has 0 N–H and O–H groups in total. The van der Waals surface area contributed by atoms with Gasteiger partial charge in [-0.05, 0) is 55.5 Å². The predicted octanol–water partition coefficient (Wildman–Crippen LogP) is 4.97. The highest BCUT2D eigenvalue weighted by Crippen LogP contribution is 2.38. The Bertz CT molecular complexity index is 1240. The maximum Gasteiger partial charge on any atom is 0.252 e. The van der Waals surface area contributed by atoms with E-state index in [1.54, 1.807) is 34.1 Å². The van der Waals surface area contributed by atoms with Gasteiger partial charge in [-0.25, -0.2) is 19.6 Å². The van der Waals surface area contributed by atoms with Crippen molar-refractivity contribution in [2.24, 2.45) is 0 Å². The monoisotopic (exact) mass is 438 g/mol. The Morgan fingerprint density at radius 3 is 2.79 bits per heavy atom. The molecule has 0 radical (unpaired) electrons. The van der Waals surface area contributed by atoms with E-state index in [-0.39, 0.29) is 5.82 Å². The maximum atomic E-state index is 9.12. The van der Waals surface area contributed by atoms with E-state index < -0.39 is 0 Å². The van der Waals surface area contributed by atoms with Crippen molar-refractivity contribution < 1.29 is 0 Å². The first-order chi connectivity index (χ1) is 14.2. The Morgan fingerprint density at radius 2 is 2.00 bits per heavy atom. The second kappa shape index (κ2) is 7.75. The Hall–Kier alpha value is -2.47. The first kappa shape index (κ1) is 18.6. The third kappa shape index (κ3) is 3.62. The molecular weight excluding hydrogens is 424 g/mol. The number of nitriles is 1. The molecule has 144 valence electrons. The van der Waals surface area contributed by atoms with Crippen LogP contribution in [-0.4, -0.2) is 24.7 Å². The summed E-state index contributed by atoms with van der Waals surface area (Å²) in [6.07, 6.45) is 6.07. The smallest absolute Gasteiger partial charge is 0.221 e. The number of hydrogen-bond donors (Lipinski definition) is 0. The largest absolute Gasteiger partial charge is 0.252 e. The van der Waals surface area contributed by atoms with Gasteiger partial charge in [0.15, 0.2) is 5.82 Å². The molecule has 0 spiro atoms. The van der Waals surface area contributed by atoms with Crippen molar-refractivity contribution in [3.8, 4) is 11.9 Å². The highest BCUT2D eigenvalue weighted by molar-refractivity contribution is 7.98. The van der Waals surface area contributed by atoms with Crippen LogP contribution in [0.15, 0.2) is 35.5 Å². The van der Waals surface area contributed by atoms with Crippen molar-refractivity contribution in [1.29, 1.82) is 5.26 Å². The van der Waals surface area contributed by atoms with Gasteiger partial charge < -0.3 is 0 Å². The van der Waals surface area contributed by atoms with Gasteiger partial charge in [0, 0.05) is 14.8 Å². The molecule has 29 heavy (non-hydrogen) atoms. The molecule has 6 nitrogen and oxygen atoms in total. The summed E-state index contributed by atoms with van der Waals surface area (Å²) in [5.74, 6) is 2.22. The Morgan fingerprint density at radius 1 is 1.17 bits per heavy atom. The summed E-state index contributed by atoms with van der Waals surface area (Å²) in [6.45, 7) is 0. The van der Waals surface area contributed by atoms with Gasteiger partial charge in [-0.2, -0.15) is 5.26 Å². The number of benzene rings is 1. The van der Waals surface area contributed by atoms with Crippen LogP contribution in [0.4, 0.5) is 0 Å². The average molecular weight is 439 g/mol. The molecule has 4 aromatic rings. The van der Waals surface area contributed by atoms with Crippen LogP contribution >= 0.6 is 34.7 Å². The van der Waals surface area contributed by atoms with Crippen LogP contribution in [-0.2, 0) is 18.6 Å². The topological polar surface area (TPSA) is 80.3 Å². The van der Waals surface area contributed by atoms with Crippen molar-refractivity contribution in [3.63, 3.8) is 0 Å². The van der Waals surface area contributed by atoms with E-state index in [1.165, 1.54) is 23.3 Å². The highest BCUT2D eigenvalue weighted by Gasteiger charge is 2.22. The zero-order valence-electron chi connectivity index (χ0n) is 15.3. The normalized spacial score (nSPS) is 13.4. The number of halogens is 1. The van der Waals surface area contributed by atoms with Crippen molar-refractivity contribution in [3.05, 3.63) is 57.7 Å². The molecule has 9 heteroatoms. The average Bonchev–Trinajstić information content (AvgIpc) is 3.37. The van der Waals surface area contributed by atoms with Crippen LogP contribution in [0.3, 0.4) is 0 Å². The summed E-state index contributed by atoms with van der Waals surface area (Å²) < 4.78 is 1.61. The lowest BCUT2D eigenvalue weighted by Gasteiger charge is -2.12. The molecule has 3 aromatic heterocycles. The number of thiophene rings is 1. The standard InChI is InChI=1S/C20H15ClN6S2/c21-12-5-7-13(8-6-12)28-10-17-24-19(27-11-23-16(9-22)26-27)18-14-3-1-2-4-15(14)29-20(18)25-17/h5-8,11H,1-4,10H2. The molecule has 0 fully saturated rings. The molecule has 0 bridgehead atoms. The number of nitrogens with zero attached hydrogens (tertiary/aromatic N) is 6. The molecule has 0 saturated carbocycles. The number of thioether (sulfide) groups is 1. The summed E-state index contributed by atoms with van der Waals surface area (Å²) in [5.41, 5.74) is 1.33. The fourth-order valence-electron chi connectivity index (χ4n) is 3.51. The lowest BCUT2D eigenvalue weighted by molar-refractivity contribution is 0.699. The molecule has 1 aliphatic carbocycles. The van der Waals surface area contributed by atoms with E-state index in [0.717, 1.165) is 44.6 Å². The quantitative estimate of drug-likeness (QED) is 0.418. The van der Waals surface area contributed by atoms with Crippen molar-refractivity contribution in [2.45, 2.75) is 36.3 Å². The Balaban J connectivity index is 1.58. The molecule has 0 unspecified atom stereocenters. The van der Waals surface area contributed by atoms with E-state index >= 15 is 0 Å². The summed E-state index contributed by atoms with van der Waals surface area (Å²) in [4.78, 5) is 17.2. The number of hydrogen-bond acceptors (Lipinski definition) is 7. The van der Waals surface area contributed by atoms with Gasteiger partial charge in [0.25, 0.3) is 5.82 Å². The summed E-state index contributed by atoms with van der Waals surface area (Å²) in [7, 11) is 0. The van der Waals surface area contributed by atoms with Gasteiger partial charge in [0.2, 0.25) is 0 Å². The van der Waals surface area contributed by atoms with Crippen molar-refractivity contribution in [1.82, 2.24) is 24.7 Å². The predicted molar refractivity (Wildman–Crippen MR) is 115 cm³/mol.